The molecule has 2 aliphatic rings. The van der Waals surface area contributed by atoms with Crippen LogP contribution in [0.2, 0.25) is 10.0 Å². The van der Waals surface area contributed by atoms with Crippen molar-refractivity contribution in [2.45, 2.75) is 23.9 Å². The summed E-state index contributed by atoms with van der Waals surface area (Å²) in [5, 5.41) is 0.477. The van der Waals surface area contributed by atoms with Crippen LogP contribution in [0.15, 0.2) is 72.4 Å². The molecule has 0 bridgehead atoms. The molecule has 0 aliphatic carbocycles. The lowest BCUT2D eigenvalue weighted by molar-refractivity contribution is -0.124. The van der Waals surface area contributed by atoms with Gasteiger partial charge >= 0.3 is 6.03 Å². The molecule has 0 spiro atoms. The van der Waals surface area contributed by atoms with Gasteiger partial charge in [0.1, 0.15) is 11.9 Å². The molecule has 222 valence electrons. The third-order valence-corrected chi connectivity index (χ3v) is 10.0. The lowest BCUT2D eigenvalue weighted by Crippen LogP contribution is -2.52. The average molecular weight is 642 g/mol. The number of aromatic nitrogens is 4. The van der Waals surface area contributed by atoms with Crippen molar-refractivity contribution in [3.8, 4) is 11.1 Å². The number of benzene rings is 2. The molecule has 0 unspecified atom stereocenters. The van der Waals surface area contributed by atoms with Crippen LogP contribution in [-0.2, 0) is 26.8 Å². The molecule has 0 saturated carbocycles. The number of rotatable bonds is 6. The first kappa shape index (κ1) is 29.1. The van der Waals surface area contributed by atoms with Crippen molar-refractivity contribution in [1.29, 1.82) is 0 Å². The molecular weight excluding hydrogens is 615 g/mol. The minimum absolute atomic E-state index is 0.0503. The fraction of sp³-hybridized carbons (Fsp3) is 0.250. The normalized spacial score (nSPS) is 19.1. The standard InChI is InChI=1S/C28H26Cl2N8O4S/c1-28(13-18-2-4-19(5-3-18)20-14-32-17-33-15-20)25(39)37(23-11-21(29)10-22(30)12-23)27-34-16-24(38(27)28)43(41,42)36-8-6-35(7-9-36)26(31)40/h2-5,10-12,14-17H,6-9,13H2,1H3,(H2,31,40)/t28-/m1/s1. The summed E-state index contributed by atoms with van der Waals surface area (Å²) in [6.07, 6.45) is 6.28. The lowest BCUT2D eigenvalue weighted by Gasteiger charge is -2.33. The third kappa shape index (κ3) is 5.12. The molecule has 15 heteroatoms. The summed E-state index contributed by atoms with van der Waals surface area (Å²) in [7, 11) is -4.13. The number of hydrogen-bond acceptors (Lipinski definition) is 7. The summed E-state index contributed by atoms with van der Waals surface area (Å²) >= 11 is 12.6. The fourth-order valence-electron chi connectivity index (χ4n) is 5.56. The first-order chi connectivity index (χ1) is 20.5. The maximum Gasteiger partial charge on any atom is 0.314 e. The van der Waals surface area contributed by atoms with Gasteiger partial charge in [0.15, 0.2) is 5.03 Å². The molecule has 1 fully saturated rings. The number of imidazole rings is 1. The van der Waals surface area contributed by atoms with E-state index < -0.39 is 27.5 Å². The van der Waals surface area contributed by atoms with Crippen molar-refractivity contribution in [2.24, 2.45) is 5.73 Å². The molecule has 2 N–H and O–H groups in total. The Labute approximate surface area is 257 Å². The Bertz CT molecular complexity index is 1810. The van der Waals surface area contributed by atoms with Gasteiger partial charge in [0.25, 0.3) is 15.9 Å². The summed E-state index contributed by atoms with van der Waals surface area (Å²) in [6.45, 7) is 2.09. The molecule has 4 heterocycles. The highest BCUT2D eigenvalue weighted by Crippen LogP contribution is 2.45. The predicted molar refractivity (Wildman–Crippen MR) is 161 cm³/mol. The zero-order valence-corrected chi connectivity index (χ0v) is 25.2. The molecule has 2 aliphatic heterocycles. The van der Waals surface area contributed by atoms with Crippen LogP contribution >= 0.6 is 23.2 Å². The van der Waals surface area contributed by atoms with E-state index in [1.807, 2.05) is 24.3 Å². The second-order valence-electron chi connectivity index (χ2n) is 10.5. The van der Waals surface area contributed by atoms with Gasteiger partial charge in [0, 0.05) is 60.6 Å². The molecule has 2 aromatic heterocycles. The molecule has 1 saturated heterocycles. The summed E-state index contributed by atoms with van der Waals surface area (Å²) < 4.78 is 30.8. The predicted octanol–water partition coefficient (Wildman–Crippen LogP) is 3.67. The Morgan fingerprint density at radius 3 is 2.19 bits per heavy atom. The van der Waals surface area contributed by atoms with E-state index in [9.17, 15) is 18.0 Å². The first-order valence-electron chi connectivity index (χ1n) is 13.3. The first-order valence-corrected chi connectivity index (χ1v) is 15.5. The summed E-state index contributed by atoms with van der Waals surface area (Å²) in [6, 6.07) is 11.6. The highest BCUT2D eigenvalue weighted by molar-refractivity contribution is 7.89. The molecule has 6 rings (SSSR count). The van der Waals surface area contributed by atoms with Gasteiger partial charge in [-0.25, -0.2) is 33.1 Å². The van der Waals surface area contributed by atoms with Gasteiger partial charge in [-0.3, -0.25) is 9.36 Å². The van der Waals surface area contributed by atoms with Gasteiger partial charge in [-0.15, -0.1) is 0 Å². The van der Waals surface area contributed by atoms with E-state index in [2.05, 4.69) is 15.0 Å². The number of hydrogen-bond donors (Lipinski definition) is 1. The molecule has 0 radical (unpaired) electrons. The van der Waals surface area contributed by atoms with Crippen LogP contribution in [-0.4, -0.2) is 75.3 Å². The number of carbonyl (C=O) groups excluding carboxylic acids is 2. The maximum absolute atomic E-state index is 14.3. The van der Waals surface area contributed by atoms with Gasteiger partial charge < -0.3 is 10.6 Å². The van der Waals surface area contributed by atoms with E-state index in [-0.39, 0.29) is 43.6 Å². The van der Waals surface area contributed by atoms with Crippen LogP contribution in [0, 0.1) is 0 Å². The lowest BCUT2D eigenvalue weighted by atomic mass is 9.91. The van der Waals surface area contributed by atoms with E-state index in [1.165, 1.54) is 31.2 Å². The van der Waals surface area contributed by atoms with E-state index in [0.717, 1.165) is 16.7 Å². The van der Waals surface area contributed by atoms with E-state index >= 15 is 0 Å². The van der Waals surface area contributed by atoms with Gasteiger partial charge in [-0.2, -0.15) is 4.31 Å². The molecule has 3 amide bonds. The number of carbonyl (C=O) groups is 2. The van der Waals surface area contributed by atoms with Crippen molar-refractivity contribution in [3.63, 3.8) is 0 Å². The number of primary amides is 1. The fourth-order valence-corrected chi connectivity index (χ4v) is 7.68. The smallest absolute Gasteiger partial charge is 0.314 e. The van der Waals surface area contributed by atoms with Crippen molar-refractivity contribution in [1.82, 2.24) is 28.7 Å². The molecule has 4 aromatic rings. The minimum Gasteiger partial charge on any atom is -0.351 e. The zero-order chi connectivity index (χ0) is 30.5. The monoisotopic (exact) mass is 640 g/mol. The number of amides is 3. The summed E-state index contributed by atoms with van der Waals surface area (Å²) in [5.41, 5.74) is 6.87. The van der Waals surface area contributed by atoms with Crippen molar-refractivity contribution < 1.29 is 18.0 Å². The highest BCUT2D eigenvalue weighted by atomic mass is 35.5. The van der Waals surface area contributed by atoms with Gasteiger partial charge in [-0.1, -0.05) is 47.5 Å². The Hall–Kier alpha value is -4.04. The second-order valence-corrected chi connectivity index (χ2v) is 13.3. The third-order valence-electron chi connectivity index (χ3n) is 7.72. The Morgan fingerprint density at radius 1 is 0.953 bits per heavy atom. The number of halogens is 2. The summed E-state index contributed by atoms with van der Waals surface area (Å²) in [4.78, 5) is 41.2. The number of sulfonamides is 1. The number of fused-ring (bicyclic) bond motifs is 1. The highest BCUT2D eigenvalue weighted by Gasteiger charge is 2.52. The van der Waals surface area contributed by atoms with Gasteiger partial charge in [-0.05, 0) is 36.2 Å². The zero-order valence-electron chi connectivity index (χ0n) is 22.9. The molecule has 1 atom stereocenters. The van der Waals surface area contributed by atoms with Crippen LogP contribution in [0.3, 0.4) is 0 Å². The second kappa shape index (κ2) is 10.9. The van der Waals surface area contributed by atoms with Crippen molar-refractivity contribution in [3.05, 3.63) is 83.0 Å². The van der Waals surface area contributed by atoms with E-state index in [1.54, 1.807) is 37.5 Å². The van der Waals surface area contributed by atoms with E-state index in [4.69, 9.17) is 28.9 Å². The molecular formula is C28H26Cl2N8O4S. The number of nitrogens with two attached hydrogens (primary N) is 1. The summed E-state index contributed by atoms with van der Waals surface area (Å²) in [5.74, 6) is -0.275. The van der Waals surface area contributed by atoms with Gasteiger partial charge in [0.2, 0.25) is 5.95 Å². The Kier molecular flexibility index (Phi) is 7.37. The van der Waals surface area contributed by atoms with Crippen molar-refractivity contribution in [2.75, 3.05) is 31.1 Å². The van der Waals surface area contributed by atoms with Gasteiger partial charge in [0.05, 0.1) is 11.9 Å². The van der Waals surface area contributed by atoms with Crippen LogP contribution in [0.4, 0.5) is 16.4 Å². The molecule has 43 heavy (non-hydrogen) atoms. The van der Waals surface area contributed by atoms with Crippen molar-refractivity contribution >= 4 is 56.8 Å². The number of nitrogens with zero attached hydrogens (tertiary/aromatic N) is 7. The number of anilines is 2. The number of piperazine rings is 1. The Balaban J connectivity index is 1.42. The minimum atomic E-state index is -4.13. The van der Waals surface area contributed by atoms with Crippen LogP contribution < -0.4 is 10.6 Å². The maximum atomic E-state index is 14.3. The van der Waals surface area contributed by atoms with Crippen LogP contribution in [0.25, 0.3) is 11.1 Å². The number of urea groups is 1. The Morgan fingerprint density at radius 2 is 1.58 bits per heavy atom. The largest absolute Gasteiger partial charge is 0.351 e. The van der Waals surface area contributed by atoms with Crippen LogP contribution in [0.1, 0.15) is 12.5 Å². The average Bonchev–Trinajstić information content (AvgIpc) is 3.51. The quantitative estimate of drug-likeness (QED) is 0.338. The van der Waals surface area contributed by atoms with Crippen LogP contribution in [0.5, 0.6) is 0 Å². The molecule has 2 aromatic carbocycles. The molecule has 12 nitrogen and oxygen atoms in total. The van der Waals surface area contributed by atoms with E-state index in [0.29, 0.717) is 15.7 Å². The topological polar surface area (TPSA) is 148 Å². The SMILES string of the molecule is C[C@@]1(Cc2ccc(-c3cncnc3)cc2)C(=O)N(c2cc(Cl)cc(Cl)c2)c2ncc(S(=O)(=O)N3CCN(C(N)=O)CC3)n21.